The second-order valence-corrected chi connectivity index (χ2v) is 4.81. The molecule has 0 aromatic heterocycles. The molecule has 1 aliphatic rings. The minimum absolute atomic E-state index is 0.0503. The van der Waals surface area contributed by atoms with E-state index in [9.17, 15) is 0 Å². The van der Waals surface area contributed by atoms with Crippen molar-refractivity contribution in [3.05, 3.63) is 0 Å². The monoisotopic (exact) mass is 186 g/mol. The van der Waals surface area contributed by atoms with Crippen molar-refractivity contribution in [3.8, 4) is 0 Å². The summed E-state index contributed by atoms with van der Waals surface area (Å²) < 4.78 is 0. The molecule has 0 amide bonds. The van der Waals surface area contributed by atoms with Gasteiger partial charge in [-0.15, -0.1) is 0 Å². The molecule has 1 fully saturated rings. The molecule has 0 aliphatic heterocycles. The predicted molar refractivity (Wildman–Crippen MR) is 54.5 cm³/mol. The zero-order chi connectivity index (χ0) is 10.1. The Bertz CT molecular complexity index is 166. The third-order valence-corrected chi connectivity index (χ3v) is 2.97. The molecule has 0 aromatic rings. The van der Waals surface area contributed by atoms with Gasteiger partial charge in [-0.05, 0) is 39.7 Å². The molecule has 3 N–H and O–H groups in total. The van der Waals surface area contributed by atoms with Gasteiger partial charge in [0.2, 0.25) is 0 Å². The summed E-state index contributed by atoms with van der Waals surface area (Å²) in [5, 5.41) is 9.03. The number of nitrogens with two attached hydrogens (primary N) is 1. The first kappa shape index (κ1) is 11.0. The smallest absolute Gasteiger partial charge is 0.0621 e. The fourth-order valence-corrected chi connectivity index (χ4v) is 1.70. The molecule has 0 spiro atoms. The van der Waals surface area contributed by atoms with E-state index in [-0.39, 0.29) is 6.61 Å². The van der Waals surface area contributed by atoms with Crippen LogP contribution in [0, 0.1) is 5.92 Å². The van der Waals surface area contributed by atoms with Gasteiger partial charge in [-0.1, -0.05) is 0 Å². The highest BCUT2D eigenvalue weighted by Gasteiger charge is 2.32. The summed E-state index contributed by atoms with van der Waals surface area (Å²) >= 11 is 0. The summed E-state index contributed by atoms with van der Waals surface area (Å²) in [4.78, 5) is 2.26. The van der Waals surface area contributed by atoms with E-state index < -0.39 is 5.54 Å². The molecule has 13 heavy (non-hydrogen) atoms. The van der Waals surface area contributed by atoms with Crippen molar-refractivity contribution >= 4 is 0 Å². The Morgan fingerprint density at radius 2 is 2.15 bits per heavy atom. The zero-order valence-corrected chi connectivity index (χ0v) is 8.95. The molecule has 78 valence electrons. The third kappa shape index (κ3) is 3.25. The quantitative estimate of drug-likeness (QED) is 0.654. The average Bonchev–Trinajstić information content (AvgIpc) is 2.85. The summed E-state index contributed by atoms with van der Waals surface area (Å²) in [5.41, 5.74) is 5.42. The van der Waals surface area contributed by atoms with Crippen LogP contribution in [-0.4, -0.2) is 41.8 Å². The highest BCUT2D eigenvalue weighted by molar-refractivity contribution is 4.88. The number of aliphatic hydroxyl groups excluding tert-OH is 1. The van der Waals surface area contributed by atoms with Crippen LogP contribution in [0.2, 0.25) is 0 Å². The maximum atomic E-state index is 9.03. The lowest BCUT2D eigenvalue weighted by molar-refractivity contribution is 0.135. The van der Waals surface area contributed by atoms with Gasteiger partial charge >= 0.3 is 0 Å². The van der Waals surface area contributed by atoms with Gasteiger partial charge in [0.1, 0.15) is 0 Å². The number of rotatable bonds is 5. The van der Waals surface area contributed by atoms with Gasteiger partial charge in [-0.2, -0.15) is 0 Å². The van der Waals surface area contributed by atoms with Crippen molar-refractivity contribution in [2.45, 2.75) is 38.3 Å². The van der Waals surface area contributed by atoms with Gasteiger partial charge < -0.3 is 15.7 Å². The molecule has 1 saturated carbocycles. The van der Waals surface area contributed by atoms with Crippen LogP contribution in [0.4, 0.5) is 0 Å². The highest BCUT2D eigenvalue weighted by atomic mass is 16.3. The first-order valence-corrected chi connectivity index (χ1v) is 5.06. The molecule has 2 unspecified atom stereocenters. The maximum absolute atomic E-state index is 9.03. The van der Waals surface area contributed by atoms with Crippen LogP contribution in [0.1, 0.15) is 26.7 Å². The van der Waals surface area contributed by atoms with Crippen LogP contribution in [0.15, 0.2) is 0 Å². The highest BCUT2D eigenvalue weighted by Crippen LogP contribution is 2.34. The fourth-order valence-electron chi connectivity index (χ4n) is 1.70. The lowest BCUT2D eigenvalue weighted by Crippen LogP contribution is -2.51. The molecule has 0 aromatic carbocycles. The second kappa shape index (κ2) is 3.95. The number of likely N-dealkylation sites (N-methyl/N-ethyl adjacent to an activating group) is 1. The Hall–Kier alpha value is -0.120. The number of aliphatic hydroxyl groups is 1. The molecular formula is C10H22N2O. The Labute approximate surface area is 80.9 Å². The Kier molecular flexibility index (Phi) is 3.33. The lowest BCUT2D eigenvalue weighted by atomic mass is 10.0. The van der Waals surface area contributed by atoms with Crippen LogP contribution in [0.3, 0.4) is 0 Å². The van der Waals surface area contributed by atoms with E-state index in [1.807, 2.05) is 6.92 Å². The maximum Gasteiger partial charge on any atom is 0.0621 e. The van der Waals surface area contributed by atoms with Crippen LogP contribution >= 0.6 is 0 Å². The van der Waals surface area contributed by atoms with Crippen molar-refractivity contribution in [1.29, 1.82) is 0 Å². The van der Waals surface area contributed by atoms with Gasteiger partial charge in [0.25, 0.3) is 0 Å². The number of nitrogens with zero attached hydrogens (tertiary/aromatic N) is 1. The van der Waals surface area contributed by atoms with E-state index in [2.05, 4.69) is 18.9 Å². The molecular weight excluding hydrogens is 164 g/mol. The normalized spacial score (nSPS) is 24.5. The van der Waals surface area contributed by atoms with Crippen LogP contribution in [-0.2, 0) is 0 Å². The molecule has 2 atom stereocenters. The van der Waals surface area contributed by atoms with Gasteiger partial charge in [0, 0.05) is 18.1 Å². The van der Waals surface area contributed by atoms with Crippen LogP contribution in [0.5, 0.6) is 0 Å². The molecule has 1 aliphatic carbocycles. The van der Waals surface area contributed by atoms with E-state index >= 15 is 0 Å². The van der Waals surface area contributed by atoms with Crippen molar-refractivity contribution in [2.75, 3.05) is 20.2 Å². The van der Waals surface area contributed by atoms with E-state index in [4.69, 9.17) is 10.8 Å². The number of hydrogen-bond donors (Lipinski definition) is 2. The van der Waals surface area contributed by atoms with Crippen LogP contribution < -0.4 is 5.73 Å². The lowest BCUT2D eigenvalue weighted by Gasteiger charge is -2.32. The van der Waals surface area contributed by atoms with Crippen molar-refractivity contribution in [2.24, 2.45) is 11.7 Å². The standard InChI is InChI=1S/C10H22N2O/c1-8(9-4-5-9)12(3)6-10(2,11)7-13/h8-9,13H,4-7,11H2,1-3H3. The Morgan fingerprint density at radius 3 is 2.54 bits per heavy atom. The van der Waals surface area contributed by atoms with E-state index in [0.29, 0.717) is 6.04 Å². The Balaban J connectivity index is 2.34. The van der Waals surface area contributed by atoms with Gasteiger partial charge in [0.15, 0.2) is 0 Å². The zero-order valence-electron chi connectivity index (χ0n) is 8.95. The van der Waals surface area contributed by atoms with Crippen molar-refractivity contribution in [3.63, 3.8) is 0 Å². The summed E-state index contributed by atoms with van der Waals surface area (Å²) in [6.45, 7) is 4.95. The predicted octanol–water partition coefficient (Wildman–Crippen LogP) is 0.426. The molecule has 0 bridgehead atoms. The SMILES string of the molecule is CC(C1CC1)N(C)CC(C)(N)CO. The fraction of sp³-hybridized carbons (Fsp3) is 1.00. The molecule has 0 radical (unpaired) electrons. The number of hydrogen-bond acceptors (Lipinski definition) is 3. The third-order valence-electron chi connectivity index (χ3n) is 2.97. The van der Waals surface area contributed by atoms with Crippen molar-refractivity contribution < 1.29 is 5.11 Å². The summed E-state index contributed by atoms with van der Waals surface area (Å²) in [6, 6.07) is 0.606. The summed E-state index contributed by atoms with van der Waals surface area (Å²) in [6.07, 6.45) is 2.71. The van der Waals surface area contributed by atoms with E-state index in [1.165, 1.54) is 12.8 Å². The largest absolute Gasteiger partial charge is 0.394 e. The Morgan fingerprint density at radius 1 is 1.62 bits per heavy atom. The summed E-state index contributed by atoms with van der Waals surface area (Å²) in [7, 11) is 2.09. The van der Waals surface area contributed by atoms with Crippen molar-refractivity contribution in [1.82, 2.24) is 4.90 Å². The van der Waals surface area contributed by atoms with E-state index in [1.54, 1.807) is 0 Å². The topological polar surface area (TPSA) is 49.5 Å². The van der Waals surface area contributed by atoms with Crippen LogP contribution in [0.25, 0.3) is 0 Å². The molecule has 3 nitrogen and oxygen atoms in total. The van der Waals surface area contributed by atoms with E-state index in [0.717, 1.165) is 12.5 Å². The minimum atomic E-state index is -0.460. The summed E-state index contributed by atoms with van der Waals surface area (Å²) in [5.74, 6) is 0.861. The molecule has 1 rings (SSSR count). The van der Waals surface area contributed by atoms with Gasteiger partial charge in [-0.3, -0.25) is 0 Å². The van der Waals surface area contributed by atoms with Gasteiger partial charge in [-0.25, -0.2) is 0 Å². The second-order valence-electron chi connectivity index (χ2n) is 4.81. The minimum Gasteiger partial charge on any atom is -0.394 e. The first-order valence-electron chi connectivity index (χ1n) is 5.06. The van der Waals surface area contributed by atoms with Gasteiger partial charge in [0.05, 0.1) is 6.61 Å². The average molecular weight is 186 g/mol. The molecule has 3 heteroatoms. The first-order chi connectivity index (χ1) is 5.96. The molecule has 0 saturated heterocycles. The molecule has 0 heterocycles.